The van der Waals surface area contributed by atoms with Crippen LogP contribution in [0.25, 0.3) is 0 Å². The summed E-state index contributed by atoms with van der Waals surface area (Å²) in [5.41, 5.74) is 1.86. The Morgan fingerprint density at radius 2 is 2.00 bits per heavy atom. The van der Waals surface area contributed by atoms with E-state index < -0.39 is 21.2 Å². The Bertz CT molecular complexity index is 654. The summed E-state index contributed by atoms with van der Waals surface area (Å²) in [6.45, 7) is 0. The van der Waals surface area contributed by atoms with Crippen molar-refractivity contribution in [2.24, 2.45) is 5.14 Å². The maximum absolute atomic E-state index is 12.1. The smallest absolute Gasteiger partial charge is 0.249 e. The first-order chi connectivity index (χ1) is 8.98. The molecule has 2 rings (SSSR count). The van der Waals surface area contributed by atoms with Gasteiger partial charge in [-0.2, -0.15) is 0 Å². The summed E-state index contributed by atoms with van der Waals surface area (Å²) in [6.07, 6.45) is 1.44. The molecule has 1 heterocycles. The number of rotatable bonds is 4. The van der Waals surface area contributed by atoms with Crippen molar-refractivity contribution >= 4 is 32.3 Å². The number of anilines is 1. The minimum Gasteiger partial charge on any atom is -0.315 e. The molecule has 0 saturated carbocycles. The van der Waals surface area contributed by atoms with E-state index in [1.807, 2.05) is 0 Å². The normalized spacial score (nSPS) is 12.9. The second-order valence-corrected chi connectivity index (χ2v) is 6.27. The molecule has 0 aliphatic rings. The Kier molecular flexibility index (Phi) is 3.93. The molecule has 0 aliphatic carbocycles. The number of carbonyl (C=O) groups is 1. The molecule has 19 heavy (non-hydrogen) atoms. The van der Waals surface area contributed by atoms with E-state index in [2.05, 4.69) is 10.3 Å². The Labute approximate surface area is 114 Å². The Morgan fingerprint density at radius 1 is 1.32 bits per heavy atom. The standard InChI is InChI=1S/C11H11N3O3S2/c12-19(16,17)10(8-4-2-1-3-5-8)11(15)14-9-6-13-7-18-9/h1-7,10H,(H,14,15)(H2,12,16,17). The van der Waals surface area contributed by atoms with Gasteiger partial charge < -0.3 is 5.32 Å². The lowest BCUT2D eigenvalue weighted by Gasteiger charge is -2.14. The lowest BCUT2D eigenvalue weighted by Crippen LogP contribution is -2.32. The number of thiazole rings is 1. The van der Waals surface area contributed by atoms with Crippen molar-refractivity contribution < 1.29 is 13.2 Å². The molecular weight excluding hydrogens is 286 g/mol. The topological polar surface area (TPSA) is 102 Å². The summed E-state index contributed by atoms with van der Waals surface area (Å²) in [5.74, 6) is -0.696. The van der Waals surface area contributed by atoms with E-state index in [1.54, 1.807) is 30.3 Å². The summed E-state index contributed by atoms with van der Waals surface area (Å²) in [6, 6.07) is 8.11. The van der Waals surface area contributed by atoms with Crippen LogP contribution < -0.4 is 10.5 Å². The number of nitrogens with one attached hydrogen (secondary N) is 1. The van der Waals surface area contributed by atoms with Crippen molar-refractivity contribution in [2.45, 2.75) is 5.25 Å². The van der Waals surface area contributed by atoms with Crippen LogP contribution in [0.2, 0.25) is 0 Å². The zero-order valence-electron chi connectivity index (χ0n) is 9.68. The molecule has 0 fully saturated rings. The third-order valence-electron chi connectivity index (χ3n) is 2.35. The summed E-state index contributed by atoms with van der Waals surface area (Å²) in [4.78, 5) is 15.9. The highest BCUT2D eigenvalue weighted by Gasteiger charge is 2.31. The molecule has 1 atom stereocenters. The van der Waals surface area contributed by atoms with Crippen LogP contribution >= 0.6 is 11.3 Å². The summed E-state index contributed by atoms with van der Waals surface area (Å²) in [5, 5.41) is 6.66. The van der Waals surface area contributed by atoms with E-state index in [-0.39, 0.29) is 0 Å². The molecule has 8 heteroatoms. The van der Waals surface area contributed by atoms with Crippen molar-refractivity contribution in [2.75, 3.05) is 5.32 Å². The van der Waals surface area contributed by atoms with Gasteiger partial charge in [0.05, 0.1) is 11.7 Å². The molecule has 1 aromatic heterocycles. The van der Waals surface area contributed by atoms with Gasteiger partial charge in [-0.25, -0.2) is 13.6 Å². The minimum absolute atomic E-state index is 0.326. The van der Waals surface area contributed by atoms with Gasteiger partial charge >= 0.3 is 0 Å². The molecule has 1 aromatic carbocycles. The van der Waals surface area contributed by atoms with E-state index in [0.717, 1.165) is 0 Å². The number of amides is 1. The number of nitrogens with zero attached hydrogens (tertiary/aromatic N) is 1. The number of aromatic nitrogens is 1. The molecule has 0 aliphatic heterocycles. The number of hydrogen-bond donors (Lipinski definition) is 2. The molecular formula is C11H11N3O3S2. The van der Waals surface area contributed by atoms with Crippen LogP contribution in [0.1, 0.15) is 10.8 Å². The quantitative estimate of drug-likeness (QED) is 0.882. The van der Waals surface area contributed by atoms with Crippen LogP contribution in [0.5, 0.6) is 0 Å². The lowest BCUT2D eigenvalue weighted by atomic mass is 10.1. The van der Waals surface area contributed by atoms with Crippen molar-refractivity contribution in [3.8, 4) is 0 Å². The van der Waals surface area contributed by atoms with Gasteiger partial charge in [0.25, 0.3) is 0 Å². The van der Waals surface area contributed by atoms with Gasteiger partial charge in [0, 0.05) is 0 Å². The van der Waals surface area contributed by atoms with E-state index >= 15 is 0 Å². The number of nitrogens with two attached hydrogens (primary N) is 1. The zero-order valence-corrected chi connectivity index (χ0v) is 11.3. The second kappa shape index (κ2) is 5.47. The van der Waals surface area contributed by atoms with E-state index in [0.29, 0.717) is 10.6 Å². The second-order valence-electron chi connectivity index (χ2n) is 3.73. The van der Waals surface area contributed by atoms with Crippen molar-refractivity contribution in [3.63, 3.8) is 0 Å². The molecule has 1 amide bonds. The molecule has 1 unspecified atom stereocenters. The Morgan fingerprint density at radius 3 is 2.53 bits per heavy atom. The van der Waals surface area contributed by atoms with Gasteiger partial charge in [0.2, 0.25) is 15.9 Å². The largest absolute Gasteiger partial charge is 0.315 e. The first-order valence-electron chi connectivity index (χ1n) is 5.24. The van der Waals surface area contributed by atoms with Gasteiger partial charge in [0.15, 0.2) is 5.25 Å². The van der Waals surface area contributed by atoms with Crippen LogP contribution in [-0.4, -0.2) is 19.3 Å². The fourth-order valence-electron chi connectivity index (χ4n) is 1.58. The average Bonchev–Trinajstić information content (AvgIpc) is 2.81. The first kappa shape index (κ1) is 13.7. The van der Waals surface area contributed by atoms with Crippen LogP contribution in [0.3, 0.4) is 0 Å². The van der Waals surface area contributed by atoms with Crippen LogP contribution in [0.4, 0.5) is 5.00 Å². The lowest BCUT2D eigenvalue weighted by molar-refractivity contribution is -0.115. The van der Waals surface area contributed by atoms with Gasteiger partial charge in [-0.1, -0.05) is 30.3 Å². The summed E-state index contributed by atoms with van der Waals surface area (Å²) >= 11 is 1.20. The fourth-order valence-corrected chi connectivity index (χ4v) is 2.99. The summed E-state index contributed by atoms with van der Waals surface area (Å²) in [7, 11) is -4.05. The highest BCUT2D eigenvalue weighted by atomic mass is 32.2. The van der Waals surface area contributed by atoms with Gasteiger partial charge in [0.1, 0.15) is 5.00 Å². The highest BCUT2D eigenvalue weighted by molar-refractivity contribution is 7.90. The third-order valence-corrected chi connectivity index (χ3v) is 4.18. The Balaban J connectivity index is 2.32. The molecule has 2 aromatic rings. The highest BCUT2D eigenvalue weighted by Crippen LogP contribution is 2.23. The van der Waals surface area contributed by atoms with E-state index in [1.165, 1.54) is 23.0 Å². The number of benzene rings is 1. The number of hydrogen-bond acceptors (Lipinski definition) is 5. The van der Waals surface area contributed by atoms with Crippen molar-refractivity contribution in [3.05, 3.63) is 47.6 Å². The summed E-state index contributed by atoms with van der Waals surface area (Å²) < 4.78 is 23.2. The molecule has 0 bridgehead atoms. The number of sulfonamides is 1. The van der Waals surface area contributed by atoms with Crippen LogP contribution in [-0.2, 0) is 14.8 Å². The Hall–Kier alpha value is -1.77. The van der Waals surface area contributed by atoms with Crippen molar-refractivity contribution in [1.82, 2.24) is 4.98 Å². The van der Waals surface area contributed by atoms with E-state index in [4.69, 9.17) is 5.14 Å². The zero-order chi connectivity index (χ0) is 13.9. The van der Waals surface area contributed by atoms with E-state index in [9.17, 15) is 13.2 Å². The van der Waals surface area contributed by atoms with Gasteiger partial charge in [-0.3, -0.25) is 9.78 Å². The number of carbonyl (C=O) groups excluding carboxylic acids is 1. The maximum atomic E-state index is 12.1. The molecule has 100 valence electrons. The molecule has 0 saturated heterocycles. The molecule has 6 nitrogen and oxygen atoms in total. The molecule has 0 spiro atoms. The minimum atomic E-state index is -4.05. The van der Waals surface area contributed by atoms with Crippen LogP contribution in [0, 0.1) is 0 Å². The average molecular weight is 297 g/mol. The third kappa shape index (κ3) is 3.37. The fraction of sp³-hybridized carbons (Fsp3) is 0.0909. The first-order valence-corrected chi connectivity index (χ1v) is 7.73. The predicted octanol–water partition coefficient (Wildman–Crippen LogP) is 1.11. The maximum Gasteiger partial charge on any atom is 0.249 e. The monoisotopic (exact) mass is 297 g/mol. The molecule has 3 N–H and O–H groups in total. The molecule has 0 radical (unpaired) electrons. The van der Waals surface area contributed by atoms with Crippen molar-refractivity contribution in [1.29, 1.82) is 0 Å². The van der Waals surface area contributed by atoms with Gasteiger partial charge in [-0.05, 0) is 5.56 Å². The number of primary sulfonamides is 1. The van der Waals surface area contributed by atoms with Gasteiger partial charge in [-0.15, -0.1) is 11.3 Å². The van der Waals surface area contributed by atoms with Crippen LogP contribution in [0.15, 0.2) is 42.0 Å². The predicted molar refractivity (Wildman–Crippen MR) is 73.0 cm³/mol. The SMILES string of the molecule is NS(=O)(=O)C(C(=O)Nc1cncs1)c1ccccc1.